The second kappa shape index (κ2) is 6.91. The number of carbonyl (C=O) groups excluding carboxylic acids is 1. The Balaban J connectivity index is 2.19. The van der Waals surface area contributed by atoms with Crippen molar-refractivity contribution in [3.63, 3.8) is 0 Å². The lowest BCUT2D eigenvalue weighted by atomic mass is 10.2. The van der Waals surface area contributed by atoms with Gasteiger partial charge in [-0.2, -0.15) is 8.42 Å². The van der Waals surface area contributed by atoms with Crippen LogP contribution in [0.5, 0.6) is 11.5 Å². The molecule has 0 saturated heterocycles. The molecule has 0 aliphatic carbocycles. The van der Waals surface area contributed by atoms with Crippen molar-refractivity contribution in [2.24, 2.45) is 4.99 Å². The third-order valence-corrected chi connectivity index (χ3v) is 4.96. The van der Waals surface area contributed by atoms with Gasteiger partial charge in [-0.1, -0.05) is 6.07 Å². The number of likely N-dealkylation sites (N-methyl/N-ethyl adjacent to an activating group) is 1. The molecule has 0 saturated carbocycles. The maximum absolute atomic E-state index is 12.1. The molecule has 1 heterocycles. The van der Waals surface area contributed by atoms with Gasteiger partial charge in [0, 0.05) is 19.0 Å². The molecule has 9 heteroatoms. The molecule has 0 bridgehead atoms. The Morgan fingerprint density at radius 3 is 2.54 bits per heavy atom. The normalized spacial score (nSPS) is 17.2. The van der Waals surface area contributed by atoms with Crippen molar-refractivity contribution >= 4 is 22.3 Å². The third-order valence-electron chi connectivity index (χ3n) is 3.51. The van der Waals surface area contributed by atoms with Crippen molar-refractivity contribution in [1.82, 2.24) is 9.03 Å². The summed E-state index contributed by atoms with van der Waals surface area (Å²) >= 11 is 0. The van der Waals surface area contributed by atoms with E-state index in [1.54, 1.807) is 26.4 Å². The van der Waals surface area contributed by atoms with E-state index in [0.717, 1.165) is 5.56 Å². The molecule has 1 aromatic rings. The molecule has 0 aromatic heterocycles. The maximum Gasteiger partial charge on any atom is 0.325 e. The van der Waals surface area contributed by atoms with Crippen LogP contribution in [-0.2, 0) is 21.5 Å². The number of rotatable bonds is 5. The van der Waals surface area contributed by atoms with E-state index in [0.29, 0.717) is 22.3 Å². The van der Waals surface area contributed by atoms with E-state index in [2.05, 4.69) is 9.71 Å². The van der Waals surface area contributed by atoms with Gasteiger partial charge in [-0.3, -0.25) is 14.5 Å². The Hall–Kier alpha value is -2.55. The summed E-state index contributed by atoms with van der Waals surface area (Å²) in [6.07, 6.45) is 1.37. The van der Waals surface area contributed by atoms with Crippen molar-refractivity contribution in [2.45, 2.75) is 13.5 Å². The van der Waals surface area contributed by atoms with Gasteiger partial charge in [0.1, 0.15) is 0 Å². The third kappa shape index (κ3) is 3.51. The molecule has 1 amide bonds. The molecule has 1 aromatic carbocycles. The number of methoxy groups -OCH3 is 2. The number of nitrogens with zero attached hydrogens (tertiary/aromatic N) is 2. The number of allylic oxidation sites excluding steroid dienone is 1. The Morgan fingerprint density at radius 2 is 1.92 bits per heavy atom. The molecule has 1 aliphatic rings. The lowest BCUT2D eigenvalue weighted by Crippen LogP contribution is -2.47. The average molecular weight is 353 g/mol. The predicted molar refractivity (Wildman–Crippen MR) is 89.3 cm³/mol. The number of hydrogen-bond donors (Lipinski definition) is 1. The van der Waals surface area contributed by atoms with Gasteiger partial charge in [-0.05, 0) is 24.6 Å². The first-order valence-corrected chi connectivity index (χ1v) is 8.46. The quantitative estimate of drug-likeness (QED) is 0.792. The van der Waals surface area contributed by atoms with Crippen LogP contribution >= 0.6 is 0 Å². The Bertz CT molecular complexity index is 814. The highest BCUT2D eigenvalue weighted by molar-refractivity contribution is 7.87. The van der Waals surface area contributed by atoms with Gasteiger partial charge < -0.3 is 9.47 Å². The summed E-state index contributed by atoms with van der Waals surface area (Å²) < 4.78 is 36.7. The molecule has 8 nitrogen and oxygen atoms in total. The molecule has 0 radical (unpaired) electrons. The first-order valence-electron chi connectivity index (χ1n) is 7.02. The average Bonchev–Trinajstić information content (AvgIpc) is 2.55. The Kier molecular flexibility index (Phi) is 5.13. The van der Waals surface area contributed by atoms with Crippen molar-refractivity contribution in [3.05, 3.63) is 35.0 Å². The van der Waals surface area contributed by atoms with E-state index in [9.17, 15) is 13.2 Å². The van der Waals surface area contributed by atoms with Gasteiger partial charge in [-0.25, -0.2) is 4.31 Å². The molecule has 24 heavy (non-hydrogen) atoms. The lowest BCUT2D eigenvalue weighted by molar-refractivity contribution is -0.121. The highest BCUT2D eigenvalue weighted by Crippen LogP contribution is 2.27. The fraction of sp³-hybridized carbons (Fsp3) is 0.333. The van der Waals surface area contributed by atoms with Crippen molar-refractivity contribution in [1.29, 1.82) is 0 Å². The zero-order valence-corrected chi connectivity index (χ0v) is 14.7. The Labute approximate surface area is 141 Å². The summed E-state index contributed by atoms with van der Waals surface area (Å²) in [4.78, 5) is 16.3. The summed E-state index contributed by atoms with van der Waals surface area (Å²) in [6.45, 7) is 1.82. The highest BCUT2D eigenvalue weighted by atomic mass is 32.2. The minimum absolute atomic E-state index is 0.202. The van der Waals surface area contributed by atoms with Crippen LogP contribution in [0.25, 0.3) is 0 Å². The van der Waals surface area contributed by atoms with Crippen molar-refractivity contribution in [2.75, 3.05) is 21.3 Å². The predicted octanol–water partition coefficient (Wildman–Crippen LogP) is 0.855. The van der Waals surface area contributed by atoms with Gasteiger partial charge in [-0.15, -0.1) is 0 Å². The number of amides is 1. The first-order chi connectivity index (χ1) is 11.3. The van der Waals surface area contributed by atoms with Crippen molar-refractivity contribution in [3.8, 4) is 11.5 Å². The molecular weight excluding hydrogens is 334 g/mol. The first kappa shape index (κ1) is 17.8. The summed E-state index contributed by atoms with van der Waals surface area (Å²) in [5.74, 6) is 0.575. The van der Waals surface area contributed by atoms with Crippen LogP contribution in [-0.4, -0.2) is 46.1 Å². The number of carbonyl (C=O) groups is 1. The lowest BCUT2D eigenvalue weighted by Gasteiger charge is -2.25. The van der Waals surface area contributed by atoms with Gasteiger partial charge in [0.25, 0.3) is 5.91 Å². The summed E-state index contributed by atoms with van der Waals surface area (Å²) in [5.41, 5.74) is 1.31. The summed E-state index contributed by atoms with van der Waals surface area (Å²) in [7, 11) is 0.487. The van der Waals surface area contributed by atoms with E-state index >= 15 is 0 Å². The number of aliphatic imine (C=N–C) groups is 1. The van der Waals surface area contributed by atoms with Crippen LogP contribution in [0.15, 0.2) is 34.5 Å². The minimum Gasteiger partial charge on any atom is -0.493 e. The summed E-state index contributed by atoms with van der Waals surface area (Å²) in [5, 5.41) is 0. The molecule has 0 fully saturated rings. The molecular formula is C15H19N3O5S. The zero-order chi connectivity index (χ0) is 17.9. The number of benzene rings is 1. The monoisotopic (exact) mass is 353 g/mol. The minimum atomic E-state index is -3.80. The molecule has 0 unspecified atom stereocenters. The molecule has 2 rings (SSSR count). The SMILES string of the molecule is COc1ccc(CN=CC2=C(C)NS(=O)(=O)N(C)C2=O)cc1OC. The molecule has 0 atom stereocenters. The molecule has 130 valence electrons. The maximum atomic E-state index is 12.1. The van der Waals surface area contributed by atoms with Gasteiger partial charge >= 0.3 is 10.2 Å². The fourth-order valence-electron chi connectivity index (χ4n) is 2.13. The summed E-state index contributed by atoms with van der Waals surface area (Å²) in [6, 6.07) is 5.38. The van der Waals surface area contributed by atoms with E-state index in [1.165, 1.54) is 20.2 Å². The second-order valence-electron chi connectivity index (χ2n) is 5.08. The number of nitrogens with one attached hydrogen (secondary N) is 1. The second-order valence-corrected chi connectivity index (χ2v) is 6.78. The molecule has 1 N–H and O–H groups in total. The van der Waals surface area contributed by atoms with Gasteiger partial charge in [0.15, 0.2) is 11.5 Å². The smallest absolute Gasteiger partial charge is 0.325 e. The molecule has 0 spiro atoms. The van der Waals surface area contributed by atoms with Gasteiger partial charge in [0.2, 0.25) is 0 Å². The van der Waals surface area contributed by atoms with Crippen LogP contribution in [0, 0.1) is 0 Å². The van der Waals surface area contributed by atoms with Gasteiger partial charge in [0.05, 0.1) is 26.3 Å². The topological polar surface area (TPSA) is 97.3 Å². The van der Waals surface area contributed by atoms with Crippen LogP contribution < -0.4 is 14.2 Å². The van der Waals surface area contributed by atoms with Crippen LogP contribution in [0.4, 0.5) is 0 Å². The van der Waals surface area contributed by atoms with E-state index in [1.807, 2.05) is 6.07 Å². The largest absolute Gasteiger partial charge is 0.493 e. The van der Waals surface area contributed by atoms with E-state index in [4.69, 9.17) is 9.47 Å². The highest BCUT2D eigenvalue weighted by Gasteiger charge is 2.32. The number of hydrogen-bond acceptors (Lipinski definition) is 6. The molecule has 1 aliphatic heterocycles. The zero-order valence-electron chi connectivity index (χ0n) is 13.9. The van der Waals surface area contributed by atoms with Crippen LogP contribution in [0.1, 0.15) is 12.5 Å². The fourth-order valence-corrected chi connectivity index (χ4v) is 3.08. The van der Waals surface area contributed by atoms with E-state index in [-0.39, 0.29) is 11.3 Å². The van der Waals surface area contributed by atoms with Crippen LogP contribution in [0.3, 0.4) is 0 Å². The number of ether oxygens (including phenoxy) is 2. The standard InChI is InChI=1S/C15H19N3O5S/c1-10-12(15(19)18(2)24(20,21)17-10)9-16-8-11-5-6-13(22-3)14(7-11)23-4/h5-7,9,17H,8H2,1-4H3. The van der Waals surface area contributed by atoms with E-state index < -0.39 is 16.1 Å². The van der Waals surface area contributed by atoms with Crippen LogP contribution in [0.2, 0.25) is 0 Å². The van der Waals surface area contributed by atoms with Crippen molar-refractivity contribution < 1.29 is 22.7 Å². The Morgan fingerprint density at radius 1 is 1.25 bits per heavy atom.